The van der Waals surface area contributed by atoms with Crippen molar-refractivity contribution in [2.75, 3.05) is 11.9 Å². The van der Waals surface area contributed by atoms with Crippen LogP contribution in [0.3, 0.4) is 0 Å². The molecule has 0 aliphatic heterocycles. The van der Waals surface area contributed by atoms with Gasteiger partial charge in [0.25, 0.3) is 5.56 Å². The summed E-state index contributed by atoms with van der Waals surface area (Å²) in [7, 11) is 0. The Kier molecular flexibility index (Phi) is 5.33. The lowest BCUT2D eigenvalue weighted by Gasteiger charge is -2.13. The van der Waals surface area contributed by atoms with Crippen LogP contribution in [0.1, 0.15) is 25.0 Å². The minimum atomic E-state index is -0.605. The van der Waals surface area contributed by atoms with Gasteiger partial charge in [0.15, 0.2) is 0 Å². The highest BCUT2D eigenvalue weighted by Gasteiger charge is 2.11. The van der Waals surface area contributed by atoms with Crippen molar-refractivity contribution >= 4 is 33.0 Å². The summed E-state index contributed by atoms with van der Waals surface area (Å²) in [6.45, 7) is 2.91. The van der Waals surface area contributed by atoms with E-state index in [0.29, 0.717) is 23.2 Å². The summed E-state index contributed by atoms with van der Waals surface area (Å²) in [5.74, 6) is 0. The van der Waals surface area contributed by atoms with E-state index in [0.717, 1.165) is 12.0 Å². The molecule has 0 aliphatic rings. The van der Waals surface area contributed by atoms with Crippen LogP contribution >= 0.6 is 27.3 Å². The monoisotopic (exact) mass is 357 g/mol. The predicted octanol–water partition coefficient (Wildman–Crippen LogP) is 2.62. The molecule has 1 unspecified atom stereocenters. The highest BCUT2D eigenvalue weighted by Crippen LogP contribution is 2.20. The smallest absolute Gasteiger partial charge is 0.283 e. The average Bonchev–Trinajstić information content (AvgIpc) is 2.97. The number of thiophene rings is 1. The Bertz CT molecular complexity index is 613. The lowest BCUT2D eigenvalue weighted by atomic mass is 10.2. The van der Waals surface area contributed by atoms with Crippen molar-refractivity contribution in [3.63, 3.8) is 0 Å². The third kappa shape index (κ3) is 3.47. The number of hydrogen-bond acceptors (Lipinski definition) is 5. The van der Waals surface area contributed by atoms with Crippen LogP contribution in [0.15, 0.2) is 32.3 Å². The van der Waals surface area contributed by atoms with Crippen molar-refractivity contribution in [3.05, 3.63) is 43.4 Å². The molecule has 0 radical (unpaired) electrons. The number of anilines is 1. The third-order valence-electron chi connectivity index (χ3n) is 2.83. The first-order valence-electron chi connectivity index (χ1n) is 6.33. The summed E-state index contributed by atoms with van der Waals surface area (Å²) in [5.41, 5.74) is 1.30. The molecule has 2 aromatic rings. The number of halogens is 1. The Labute approximate surface area is 129 Å². The van der Waals surface area contributed by atoms with Crippen molar-refractivity contribution < 1.29 is 5.11 Å². The topological polar surface area (TPSA) is 67.2 Å². The van der Waals surface area contributed by atoms with E-state index in [1.54, 1.807) is 6.20 Å². The molecule has 2 aromatic heterocycles. The van der Waals surface area contributed by atoms with Crippen molar-refractivity contribution in [2.24, 2.45) is 0 Å². The van der Waals surface area contributed by atoms with Gasteiger partial charge in [0.05, 0.1) is 18.0 Å². The van der Waals surface area contributed by atoms with Gasteiger partial charge in [-0.15, -0.1) is 0 Å². The molecule has 0 amide bonds. The Morgan fingerprint density at radius 2 is 2.40 bits per heavy atom. The van der Waals surface area contributed by atoms with Crippen molar-refractivity contribution in [2.45, 2.75) is 26.0 Å². The van der Waals surface area contributed by atoms with Gasteiger partial charge in [0.1, 0.15) is 4.47 Å². The molecule has 0 aromatic carbocycles. The summed E-state index contributed by atoms with van der Waals surface area (Å²) in [4.78, 5) is 12.0. The fourth-order valence-electron chi connectivity index (χ4n) is 1.75. The van der Waals surface area contributed by atoms with Crippen LogP contribution in [-0.4, -0.2) is 21.4 Å². The molecular weight excluding hydrogens is 342 g/mol. The SMILES string of the molecule is CCCn1ncc(NCC(O)c2ccsc2)c(Br)c1=O. The number of nitrogens with zero attached hydrogens (tertiary/aromatic N) is 2. The van der Waals surface area contributed by atoms with Gasteiger partial charge in [0, 0.05) is 13.1 Å². The van der Waals surface area contributed by atoms with Gasteiger partial charge in [-0.05, 0) is 44.7 Å². The normalized spacial score (nSPS) is 12.3. The minimum absolute atomic E-state index is 0.165. The predicted molar refractivity (Wildman–Crippen MR) is 84.3 cm³/mol. The number of aromatic nitrogens is 2. The standard InChI is InChI=1S/C13H16BrN3O2S/c1-2-4-17-13(19)12(14)10(6-16-17)15-7-11(18)9-3-5-20-8-9/h3,5-6,8,11,15,18H,2,4,7H2,1H3. The van der Waals surface area contributed by atoms with Crippen LogP contribution in [0.4, 0.5) is 5.69 Å². The zero-order valence-electron chi connectivity index (χ0n) is 11.0. The Morgan fingerprint density at radius 3 is 3.05 bits per heavy atom. The van der Waals surface area contributed by atoms with Crippen LogP contribution in [-0.2, 0) is 6.54 Å². The van der Waals surface area contributed by atoms with E-state index in [1.165, 1.54) is 16.0 Å². The number of rotatable bonds is 6. The average molecular weight is 358 g/mol. The maximum atomic E-state index is 12.0. The molecule has 0 saturated carbocycles. The van der Waals surface area contributed by atoms with E-state index in [9.17, 15) is 9.90 Å². The van der Waals surface area contributed by atoms with Crippen molar-refractivity contribution in [3.8, 4) is 0 Å². The van der Waals surface area contributed by atoms with E-state index < -0.39 is 6.10 Å². The summed E-state index contributed by atoms with van der Waals surface area (Å²) in [5, 5.41) is 21.0. The third-order valence-corrected chi connectivity index (χ3v) is 4.30. The van der Waals surface area contributed by atoms with E-state index in [1.807, 2.05) is 23.8 Å². The van der Waals surface area contributed by atoms with E-state index in [-0.39, 0.29) is 5.56 Å². The van der Waals surface area contributed by atoms with Gasteiger partial charge in [-0.25, -0.2) is 4.68 Å². The second-order valence-electron chi connectivity index (χ2n) is 4.35. The number of aryl methyl sites for hydroxylation is 1. The Morgan fingerprint density at radius 1 is 1.60 bits per heavy atom. The van der Waals surface area contributed by atoms with Crippen LogP contribution < -0.4 is 10.9 Å². The van der Waals surface area contributed by atoms with Crippen molar-refractivity contribution in [1.82, 2.24) is 9.78 Å². The fourth-order valence-corrected chi connectivity index (χ4v) is 2.90. The van der Waals surface area contributed by atoms with Gasteiger partial charge >= 0.3 is 0 Å². The Balaban J connectivity index is 2.07. The van der Waals surface area contributed by atoms with Crippen LogP contribution in [0, 0.1) is 0 Å². The van der Waals surface area contributed by atoms with Gasteiger partial charge in [-0.1, -0.05) is 6.92 Å². The second-order valence-corrected chi connectivity index (χ2v) is 5.93. The van der Waals surface area contributed by atoms with Crippen LogP contribution in [0.2, 0.25) is 0 Å². The summed E-state index contributed by atoms with van der Waals surface area (Å²) >= 11 is 4.82. The highest BCUT2D eigenvalue weighted by molar-refractivity contribution is 9.10. The van der Waals surface area contributed by atoms with E-state index in [4.69, 9.17) is 0 Å². The molecule has 0 aliphatic carbocycles. The molecule has 5 nitrogen and oxygen atoms in total. The first kappa shape index (κ1) is 15.2. The molecule has 2 N–H and O–H groups in total. The molecule has 0 fully saturated rings. The zero-order chi connectivity index (χ0) is 14.5. The first-order chi connectivity index (χ1) is 9.63. The maximum Gasteiger partial charge on any atom is 0.283 e. The fraction of sp³-hybridized carbons (Fsp3) is 0.385. The molecule has 0 saturated heterocycles. The number of aliphatic hydroxyl groups excluding tert-OH is 1. The molecule has 108 valence electrons. The molecule has 0 spiro atoms. The molecule has 1 atom stereocenters. The van der Waals surface area contributed by atoms with E-state index >= 15 is 0 Å². The summed E-state index contributed by atoms with van der Waals surface area (Å²) in [6.07, 6.45) is 1.84. The molecular formula is C13H16BrN3O2S. The molecule has 2 heterocycles. The molecule has 7 heteroatoms. The first-order valence-corrected chi connectivity index (χ1v) is 8.06. The zero-order valence-corrected chi connectivity index (χ0v) is 13.4. The summed E-state index contributed by atoms with van der Waals surface area (Å²) < 4.78 is 1.86. The largest absolute Gasteiger partial charge is 0.387 e. The lowest BCUT2D eigenvalue weighted by Crippen LogP contribution is -2.25. The molecule has 20 heavy (non-hydrogen) atoms. The Hall–Kier alpha value is -1.18. The van der Waals surface area contributed by atoms with Crippen LogP contribution in [0.25, 0.3) is 0 Å². The molecule has 2 rings (SSSR count). The number of nitrogens with one attached hydrogen (secondary N) is 1. The van der Waals surface area contributed by atoms with E-state index in [2.05, 4.69) is 26.3 Å². The number of aliphatic hydroxyl groups is 1. The van der Waals surface area contributed by atoms with Gasteiger partial charge in [0.2, 0.25) is 0 Å². The van der Waals surface area contributed by atoms with Gasteiger partial charge in [-0.2, -0.15) is 16.4 Å². The van der Waals surface area contributed by atoms with Crippen molar-refractivity contribution in [1.29, 1.82) is 0 Å². The lowest BCUT2D eigenvalue weighted by molar-refractivity contribution is 0.192. The summed E-state index contributed by atoms with van der Waals surface area (Å²) in [6, 6.07) is 1.88. The minimum Gasteiger partial charge on any atom is -0.387 e. The van der Waals surface area contributed by atoms with Gasteiger partial charge < -0.3 is 10.4 Å². The highest BCUT2D eigenvalue weighted by atomic mass is 79.9. The number of hydrogen-bond donors (Lipinski definition) is 2. The van der Waals surface area contributed by atoms with Crippen LogP contribution in [0.5, 0.6) is 0 Å². The maximum absolute atomic E-state index is 12.0. The van der Waals surface area contributed by atoms with Gasteiger partial charge in [-0.3, -0.25) is 4.79 Å². The quantitative estimate of drug-likeness (QED) is 0.833. The second kappa shape index (κ2) is 7.01. The molecule has 0 bridgehead atoms.